The van der Waals surface area contributed by atoms with Gasteiger partial charge in [-0.1, -0.05) is 0 Å². The van der Waals surface area contributed by atoms with E-state index in [2.05, 4.69) is 0 Å². The van der Waals surface area contributed by atoms with Crippen LogP contribution in [0.2, 0.25) is 0 Å². The van der Waals surface area contributed by atoms with E-state index in [1.54, 1.807) is 0 Å². The Balaban J connectivity index is 9.13. The standard InChI is InChI=1S/C86H140O34/c1-70(2,53(87)104-20)37-72(5,55(89)106-22)39-74(7,57(91)108-24)41-76(9,59(93)110-26)43-78(11,61(95)112-28)45-80(13,63(97)114-30)47-82(15,65(99)116-32)49-84(17,67(101)118-34)51-86(19,69(103)120-36)52-85(18,68(102)119-35)50-83(16,66(100)117-33)48-81(14,64(98)115-31)46-79(12,62(96)113-29)44-77(10,60(94)111-27)42-75(8,58(92)109-25)40-73(6,56(90)107-23)38-71(3,4)54(88)105-21/h37-52H2,1-36H3. The summed E-state index contributed by atoms with van der Waals surface area (Å²) in [5, 5.41) is 0. The van der Waals surface area contributed by atoms with Crippen LogP contribution in [0.25, 0.3) is 0 Å². The Morgan fingerprint density at radius 1 is 0.117 bits per heavy atom. The van der Waals surface area contributed by atoms with Gasteiger partial charge >= 0.3 is 101 Å². The van der Waals surface area contributed by atoms with Crippen molar-refractivity contribution in [3.63, 3.8) is 0 Å². The van der Waals surface area contributed by atoms with E-state index in [0.29, 0.717) is 0 Å². The number of esters is 17. The first-order chi connectivity index (χ1) is 54.5. The first-order valence-corrected chi connectivity index (χ1v) is 38.9. The van der Waals surface area contributed by atoms with Crippen molar-refractivity contribution in [2.24, 2.45) is 92.1 Å². The molecule has 0 aliphatic heterocycles. The first-order valence-electron chi connectivity index (χ1n) is 38.9. The van der Waals surface area contributed by atoms with E-state index in [1.807, 2.05) is 0 Å². The van der Waals surface area contributed by atoms with Crippen LogP contribution in [0.3, 0.4) is 0 Å². The fraction of sp³-hybridized carbons (Fsp3) is 0.802. The lowest BCUT2D eigenvalue weighted by molar-refractivity contribution is -0.177. The Bertz CT molecular complexity index is 3510. The summed E-state index contributed by atoms with van der Waals surface area (Å²) in [7, 11) is 17.9. The smallest absolute Gasteiger partial charge is 0.311 e. The van der Waals surface area contributed by atoms with Gasteiger partial charge in [0.25, 0.3) is 0 Å². The highest BCUT2D eigenvalue weighted by Gasteiger charge is 2.64. The van der Waals surface area contributed by atoms with E-state index in [-0.39, 0.29) is 12.8 Å². The topological polar surface area (TPSA) is 447 Å². The van der Waals surface area contributed by atoms with Gasteiger partial charge in [-0.05, 0) is 234 Å². The molecule has 0 amide bonds. The molecule has 688 valence electrons. The lowest BCUT2D eigenvalue weighted by Crippen LogP contribution is -2.52. The van der Waals surface area contributed by atoms with Crippen LogP contribution < -0.4 is 0 Å². The van der Waals surface area contributed by atoms with Gasteiger partial charge in [-0.15, -0.1) is 0 Å². The normalized spacial score (nSPS) is 19.3. The molecule has 0 saturated heterocycles. The molecule has 0 bridgehead atoms. The molecule has 14 unspecified atom stereocenters. The van der Waals surface area contributed by atoms with Crippen LogP contribution in [-0.2, 0) is 162 Å². The summed E-state index contributed by atoms with van der Waals surface area (Å²) < 4.78 is 91.5. The second-order valence-electron chi connectivity index (χ2n) is 38.4. The summed E-state index contributed by atoms with van der Waals surface area (Å²) in [5.74, 6) is -16.7. The number of rotatable bonds is 49. The molecule has 0 spiro atoms. The summed E-state index contributed by atoms with van der Waals surface area (Å²) in [6, 6.07) is 0. The van der Waals surface area contributed by atoms with Crippen molar-refractivity contribution in [1.29, 1.82) is 0 Å². The fourth-order valence-corrected chi connectivity index (χ4v) is 21.5. The van der Waals surface area contributed by atoms with Gasteiger partial charge < -0.3 is 80.5 Å². The molecule has 0 aliphatic carbocycles. The molecular weight excluding hydrogens is 1580 g/mol. The Morgan fingerprint density at radius 3 is 0.233 bits per heavy atom. The maximum atomic E-state index is 15.1. The van der Waals surface area contributed by atoms with Crippen molar-refractivity contribution >= 4 is 101 Å². The third kappa shape index (κ3) is 25.6. The van der Waals surface area contributed by atoms with Gasteiger partial charge in [0.1, 0.15) is 0 Å². The highest BCUT2D eigenvalue weighted by molar-refractivity contribution is 5.90. The van der Waals surface area contributed by atoms with Crippen molar-refractivity contribution in [1.82, 2.24) is 0 Å². The molecule has 34 nitrogen and oxygen atoms in total. The molecule has 0 aromatic heterocycles. The maximum Gasteiger partial charge on any atom is 0.311 e. The summed E-state index contributed by atoms with van der Waals surface area (Å²) in [5.41, 5.74) is -33.0. The van der Waals surface area contributed by atoms with Crippen LogP contribution >= 0.6 is 0 Å². The second kappa shape index (κ2) is 41.7. The van der Waals surface area contributed by atoms with E-state index < -0.39 is 283 Å². The molecule has 34 heteroatoms. The summed E-state index contributed by atoms with van der Waals surface area (Å²) in [6.07, 6.45) is -9.45. The lowest BCUT2D eigenvalue weighted by Gasteiger charge is -2.47. The molecule has 120 heavy (non-hydrogen) atoms. The third-order valence-corrected chi connectivity index (χ3v) is 24.2. The minimum absolute atomic E-state index is 0.260. The number of hydrogen-bond donors (Lipinski definition) is 0. The van der Waals surface area contributed by atoms with E-state index in [4.69, 9.17) is 80.5 Å². The first kappa shape index (κ1) is 111. The predicted octanol–water partition coefficient (Wildman–Crippen LogP) is 10.3. The van der Waals surface area contributed by atoms with Crippen LogP contribution in [0, 0.1) is 92.1 Å². The summed E-state index contributed by atoms with van der Waals surface area (Å²) in [6.45, 7) is 26.5. The highest BCUT2D eigenvalue weighted by Crippen LogP contribution is 2.61. The molecule has 14 atom stereocenters. The highest BCUT2D eigenvalue weighted by atomic mass is 16.6. The number of carbonyl (C=O) groups is 17. The number of hydrogen-bond acceptors (Lipinski definition) is 34. The zero-order valence-electron chi connectivity index (χ0n) is 78.2. The lowest BCUT2D eigenvalue weighted by atomic mass is 9.55. The molecule has 0 radical (unpaired) electrons. The minimum Gasteiger partial charge on any atom is -0.469 e. The van der Waals surface area contributed by atoms with Crippen molar-refractivity contribution in [2.45, 2.75) is 234 Å². The monoisotopic (exact) mass is 1720 g/mol. The summed E-state index contributed by atoms with van der Waals surface area (Å²) >= 11 is 0. The van der Waals surface area contributed by atoms with E-state index in [0.717, 1.165) is 121 Å². The van der Waals surface area contributed by atoms with Gasteiger partial charge in [-0.25, -0.2) is 0 Å². The zero-order valence-corrected chi connectivity index (χ0v) is 78.2. The predicted molar refractivity (Wildman–Crippen MR) is 427 cm³/mol. The van der Waals surface area contributed by atoms with Crippen LogP contribution in [0.1, 0.15) is 234 Å². The molecular formula is C86H140O34. The Morgan fingerprint density at radius 2 is 0.175 bits per heavy atom. The van der Waals surface area contributed by atoms with E-state index in [1.165, 1.54) is 132 Å². The molecule has 0 aromatic rings. The number of ether oxygens (including phenoxy) is 17. The Kier molecular flexibility index (Phi) is 38.6. The van der Waals surface area contributed by atoms with Gasteiger partial charge in [0.15, 0.2) is 0 Å². The van der Waals surface area contributed by atoms with Crippen molar-refractivity contribution in [2.75, 3.05) is 121 Å². The molecule has 0 rings (SSSR count). The van der Waals surface area contributed by atoms with Crippen LogP contribution in [0.4, 0.5) is 0 Å². The van der Waals surface area contributed by atoms with Gasteiger partial charge in [-0.3, -0.25) is 81.5 Å². The zero-order chi connectivity index (χ0) is 94.6. The van der Waals surface area contributed by atoms with E-state index in [9.17, 15) is 57.5 Å². The molecule has 0 aliphatic rings. The summed E-state index contributed by atoms with van der Waals surface area (Å²) in [4.78, 5) is 247. The average Bonchev–Trinajstić information content (AvgIpc) is 0.750. The molecule has 0 heterocycles. The van der Waals surface area contributed by atoms with Gasteiger partial charge in [0.05, 0.1) is 213 Å². The van der Waals surface area contributed by atoms with Crippen molar-refractivity contribution < 1.29 is 162 Å². The third-order valence-electron chi connectivity index (χ3n) is 24.2. The fourth-order valence-electron chi connectivity index (χ4n) is 21.5. The quantitative estimate of drug-likeness (QED) is 0.0403. The SMILES string of the molecule is COC(=O)C(C)(C)CC(C)(CC(C)(CC(C)(CC(C)(CC(C)(CC(C)(CC(C)(CC(C)(CC(C)(CC(C)(CC(C)(CC(C)(CC(C)(CC(C)(CC(C)(CC(C)(C)C(=O)OC)C(=O)OC)C(=O)OC)C(=O)OC)C(=O)OC)C(=O)OC)C(=O)OC)C(=O)OC)C(=O)OC)C(=O)OC)C(=O)OC)C(=O)OC)C(=O)OC)C(=O)OC)C(=O)OC)C(=O)OC. The van der Waals surface area contributed by atoms with Crippen LogP contribution in [-0.4, -0.2) is 222 Å². The Hall–Kier alpha value is -9.01. The maximum absolute atomic E-state index is 15.1. The van der Waals surface area contributed by atoms with Crippen LogP contribution in [0.5, 0.6) is 0 Å². The van der Waals surface area contributed by atoms with E-state index >= 15 is 24.0 Å². The molecule has 0 saturated carbocycles. The molecule has 0 N–H and O–H groups in total. The second-order valence-corrected chi connectivity index (χ2v) is 38.4. The van der Waals surface area contributed by atoms with Crippen molar-refractivity contribution in [3.05, 3.63) is 0 Å². The van der Waals surface area contributed by atoms with Gasteiger partial charge in [0.2, 0.25) is 0 Å². The number of carbonyl (C=O) groups excluding carboxylic acids is 17. The average molecular weight is 1720 g/mol. The van der Waals surface area contributed by atoms with Gasteiger partial charge in [0, 0.05) is 0 Å². The molecule has 0 fully saturated rings. The largest absolute Gasteiger partial charge is 0.469 e. The van der Waals surface area contributed by atoms with Crippen LogP contribution in [0.15, 0.2) is 0 Å². The van der Waals surface area contributed by atoms with Crippen molar-refractivity contribution in [3.8, 4) is 0 Å². The minimum atomic E-state index is -2.16. The van der Waals surface area contributed by atoms with Gasteiger partial charge in [-0.2, -0.15) is 0 Å². The number of methoxy groups -OCH3 is 17. The molecule has 0 aromatic carbocycles. The Labute approximate surface area is 707 Å².